The Labute approximate surface area is 157 Å². The molecule has 0 saturated carbocycles. The Morgan fingerprint density at radius 3 is 2.93 bits per heavy atom. The summed E-state index contributed by atoms with van der Waals surface area (Å²) in [5.74, 6) is -0.372. The van der Waals surface area contributed by atoms with Gasteiger partial charge in [-0.05, 0) is 44.4 Å². The minimum absolute atomic E-state index is 0.0128. The number of nitrogens with zero attached hydrogens (tertiary/aromatic N) is 4. The second-order valence-electron chi connectivity index (χ2n) is 7.20. The van der Waals surface area contributed by atoms with Gasteiger partial charge in [0.15, 0.2) is 0 Å². The Balaban J connectivity index is 1.84. The van der Waals surface area contributed by atoms with Crippen LogP contribution < -0.4 is 0 Å². The first kappa shape index (κ1) is 17.6. The van der Waals surface area contributed by atoms with Crippen LogP contribution in [0.1, 0.15) is 43.5 Å². The van der Waals surface area contributed by atoms with E-state index < -0.39 is 0 Å². The highest BCUT2D eigenvalue weighted by molar-refractivity contribution is 6.07. The smallest absolute Gasteiger partial charge is 0.254 e. The lowest BCUT2D eigenvalue weighted by Gasteiger charge is -2.22. The summed E-state index contributed by atoms with van der Waals surface area (Å²) in [4.78, 5) is 19.7. The third-order valence-electron chi connectivity index (χ3n) is 5.20. The zero-order chi connectivity index (χ0) is 19.0. The second-order valence-corrected chi connectivity index (χ2v) is 7.20. The number of hydrogen-bond donors (Lipinski definition) is 0. The van der Waals surface area contributed by atoms with Gasteiger partial charge in [-0.2, -0.15) is 5.10 Å². The number of amides is 1. The predicted octanol–water partition coefficient (Wildman–Crippen LogP) is 4.27. The Bertz CT molecular complexity index is 997. The van der Waals surface area contributed by atoms with Crippen molar-refractivity contribution in [2.24, 2.45) is 0 Å². The van der Waals surface area contributed by atoms with Crippen LogP contribution in [-0.4, -0.2) is 38.2 Å². The third-order valence-corrected chi connectivity index (χ3v) is 5.20. The van der Waals surface area contributed by atoms with Crippen molar-refractivity contribution in [3.8, 4) is 11.3 Å². The van der Waals surface area contributed by atoms with E-state index in [1.165, 1.54) is 12.1 Å². The minimum Gasteiger partial charge on any atom is -0.336 e. The van der Waals surface area contributed by atoms with Crippen molar-refractivity contribution in [2.75, 3.05) is 6.54 Å². The van der Waals surface area contributed by atoms with Crippen molar-refractivity contribution in [2.45, 2.75) is 45.7 Å². The van der Waals surface area contributed by atoms with Crippen LogP contribution in [0.5, 0.6) is 0 Å². The molecule has 27 heavy (non-hydrogen) atoms. The molecule has 0 unspecified atom stereocenters. The standard InChI is InChI=1S/C21H23FN4O/c1-3-8-25-13-15(12-23-25)19-11-18(21(27)26-9-4-5-14(26)2)17-7-6-16(22)10-20(17)24-19/h6-7,10-14H,3-5,8-9H2,1-2H3/t14-/m1/s1. The van der Waals surface area contributed by atoms with Gasteiger partial charge in [-0.1, -0.05) is 6.92 Å². The van der Waals surface area contributed by atoms with Crippen LogP contribution >= 0.6 is 0 Å². The zero-order valence-electron chi connectivity index (χ0n) is 15.7. The molecule has 0 N–H and O–H groups in total. The van der Waals surface area contributed by atoms with E-state index in [0.29, 0.717) is 22.2 Å². The van der Waals surface area contributed by atoms with E-state index >= 15 is 0 Å². The van der Waals surface area contributed by atoms with Crippen LogP contribution in [0.4, 0.5) is 4.39 Å². The summed E-state index contributed by atoms with van der Waals surface area (Å²) >= 11 is 0. The number of halogens is 1. The monoisotopic (exact) mass is 366 g/mol. The zero-order valence-corrected chi connectivity index (χ0v) is 15.7. The third kappa shape index (κ3) is 3.31. The van der Waals surface area contributed by atoms with E-state index in [1.54, 1.807) is 12.3 Å². The van der Waals surface area contributed by atoms with Gasteiger partial charge in [0.05, 0.1) is 23.0 Å². The lowest BCUT2D eigenvalue weighted by molar-refractivity contribution is 0.0749. The van der Waals surface area contributed by atoms with Crippen molar-refractivity contribution in [1.82, 2.24) is 19.7 Å². The molecule has 1 aromatic carbocycles. The average molecular weight is 366 g/mol. The maximum absolute atomic E-state index is 13.8. The van der Waals surface area contributed by atoms with Crippen molar-refractivity contribution in [3.63, 3.8) is 0 Å². The average Bonchev–Trinajstić information content (AvgIpc) is 3.29. The van der Waals surface area contributed by atoms with Gasteiger partial charge in [0.2, 0.25) is 0 Å². The Kier molecular flexibility index (Phi) is 4.64. The molecule has 140 valence electrons. The Morgan fingerprint density at radius 2 is 2.19 bits per heavy atom. The highest BCUT2D eigenvalue weighted by Gasteiger charge is 2.28. The quantitative estimate of drug-likeness (QED) is 0.693. The fourth-order valence-corrected chi connectivity index (χ4v) is 3.76. The first-order valence-corrected chi connectivity index (χ1v) is 9.51. The predicted molar refractivity (Wildman–Crippen MR) is 103 cm³/mol. The molecular weight excluding hydrogens is 343 g/mol. The van der Waals surface area contributed by atoms with E-state index in [-0.39, 0.29) is 17.8 Å². The van der Waals surface area contributed by atoms with E-state index in [1.807, 2.05) is 21.8 Å². The summed E-state index contributed by atoms with van der Waals surface area (Å²) in [6.45, 7) is 5.74. The van der Waals surface area contributed by atoms with Crippen molar-refractivity contribution in [3.05, 3.63) is 48.0 Å². The number of pyridine rings is 1. The van der Waals surface area contributed by atoms with Gasteiger partial charge in [0.25, 0.3) is 5.91 Å². The lowest BCUT2D eigenvalue weighted by Crippen LogP contribution is -2.33. The van der Waals surface area contributed by atoms with Gasteiger partial charge < -0.3 is 4.90 Å². The van der Waals surface area contributed by atoms with Crippen LogP contribution in [0.2, 0.25) is 0 Å². The topological polar surface area (TPSA) is 51.0 Å². The summed E-state index contributed by atoms with van der Waals surface area (Å²) in [6.07, 6.45) is 6.68. The molecule has 1 saturated heterocycles. The summed E-state index contributed by atoms with van der Waals surface area (Å²) in [5, 5.41) is 5.04. The highest BCUT2D eigenvalue weighted by Crippen LogP contribution is 2.28. The molecule has 0 radical (unpaired) electrons. The molecule has 0 aliphatic carbocycles. The SMILES string of the molecule is CCCn1cc(-c2cc(C(=O)N3CCC[C@H]3C)c3ccc(F)cc3n2)cn1. The first-order chi connectivity index (χ1) is 13.1. The normalized spacial score (nSPS) is 17.0. The summed E-state index contributed by atoms with van der Waals surface area (Å²) in [5.41, 5.74) is 2.54. The Morgan fingerprint density at radius 1 is 1.33 bits per heavy atom. The van der Waals surface area contributed by atoms with Crippen LogP contribution in [0, 0.1) is 5.82 Å². The number of benzene rings is 1. The van der Waals surface area contributed by atoms with Crippen LogP contribution in [0.3, 0.4) is 0 Å². The highest BCUT2D eigenvalue weighted by atomic mass is 19.1. The van der Waals surface area contributed by atoms with Crippen LogP contribution in [-0.2, 0) is 6.54 Å². The van der Waals surface area contributed by atoms with E-state index in [9.17, 15) is 9.18 Å². The van der Waals surface area contributed by atoms with Crippen LogP contribution in [0.25, 0.3) is 22.2 Å². The second kappa shape index (κ2) is 7.10. The molecule has 1 fully saturated rings. The Hall–Kier alpha value is -2.76. The van der Waals surface area contributed by atoms with Crippen molar-refractivity contribution in [1.29, 1.82) is 0 Å². The fraction of sp³-hybridized carbons (Fsp3) is 0.381. The van der Waals surface area contributed by atoms with Gasteiger partial charge in [0, 0.05) is 42.3 Å². The first-order valence-electron chi connectivity index (χ1n) is 9.51. The minimum atomic E-state index is -0.359. The molecule has 1 aliphatic rings. The van der Waals surface area contributed by atoms with Crippen molar-refractivity contribution < 1.29 is 9.18 Å². The number of aryl methyl sites for hydroxylation is 1. The number of rotatable bonds is 4. The van der Waals surface area contributed by atoms with Gasteiger partial charge in [-0.25, -0.2) is 9.37 Å². The molecule has 1 amide bonds. The molecule has 6 heteroatoms. The molecule has 3 aromatic rings. The van der Waals surface area contributed by atoms with Gasteiger partial charge in [0.1, 0.15) is 5.82 Å². The molecular formula is C21H23FN4O. The lowest BCUT2D eigenvalue weighted by atomic mass is 10.0. The number of fused-ring (bicyclic) bond motifs is 1. The molecule has 0 bridgehead atoms. The molecule has 0 spiro atoms. The van der Waals surface area contributed by atoms with Crippen molar-refractivity contribution >= 4 is 16.8 Å². The molecule has 1 aliphatic heterocycles. The number of hydrogen-bond acceptors (Lipinski definition) is 3. The molecule has 4 rings (SSSR count). The van der Waals surface area contributed by atoms with E-state index in [2.05, 4.69) is 23.9 Å². The maximum Gasteiger partial charge on any atom is 0.254 e. The molecule has 3 heterocycles. The van der Waals surface area contributed by atoms with E-state index in [0.717, 1.165) is 37.9 Å². The largest absolute Gasteiger partial charge is 0.336 e. The van der Waals surface area contributed by atoms with Gasteiger partial charge >= 0.3 is 0 Å². The van der Waals surface area contributed by atoms with E-state index in [4.69, 9.17) is 0 Å². The summed E-state index contributed by atoms with van der Waals surface area (Å²) in [7, 11) is 0. The number of carbonyl (C=O) groups is 1. The fourth-order valence-electron chi connectivity index (χ4n) is 3.76. The molecule has 5 nitrogen and oxygen atoms in total. The number of aromatic nitrogens is 3. The molecule has 2 aromatic heterocycles. The maximum atomic E-state index is 13.8. The van der Waals surface area contributed by atoms with Crippen LogP contribution in [0.15, 0.2) is 36.7 Å². The number of likely N-dealkylation sites (tertiary alicyclic amines) is 1. The summed E-state index contributed by atoms with van der Waals surface area (Å²) in [6, 6.07) is 6.46. The van der Waals surface area contributed by atoms with Gasteiger partial charge in [-0.15, -0.1) is 0 Å². The summed E-state index contributed by atoms with van der Waals surface area (Å²) < 4.78 is 15.7. The molecule has 1 atom stereocenters. The number of carbonyl (C=O) groups excluding carboxylic acids is 1. The van der Waals surface area contributed by atoms with Gasteiger partial charge in [-0.3, -0.25) is 9.48 Å².